The van der Waals surface area contributed by atoms with E-state index in [0.717, 1.165) is 16.8 Å². The molecule has 0 radical (unpaired) electrons. The lowest BCUT2D eigenvalue weighted by Gasteiger charge is -2.12. The molecule has 128 valence electrons. The molecule has 0 aliphatic carbocycles. The van der Waals surface area contributed by atoms with E-state index in [1.165, 1.54) is 23.9 Å². The predicted octanol–water partition coefficient (Wildman–Crippen LogP) is 4.11. The molecule has 1 heterocycles. The van der Waals surface area contributed by atoms with Gasteiger partial charge in [0.25, 0.3) is 5.56 Å². The van der Waals surface area contributed by atoms with Gasteiger partial charge in [-0.05, 0) is 30.2 Å². The van der Waals surface area contributed by atoms with E-state index >= 15 is 0 Å². The Kier molecular flexibility index (Phi) is 5.34. The fraction of sp³-hybridized carbons (Fsp3) is 0.200. The van der Waals surface area contributed by atoms with Crippen LogP contribution >= 0.6 is 11.8 Å². The first-order valence-electron chi connectivity index (χ1n) is 8.02. The maximum atomic E-state index is 13.3. The van der Waals surface area contributed by atoms with E-state index in [0.29, 0.717) is 22.9 Å². The summed E-state index contributed by atoms with van der Waals surface area (Å²) in [6.45, 7) is 1.87. The molecule has 0 unspecified atom stereocenters. The maximum Gasteiger partial charge on any atom is 0.257 e. The fourth-order valence-corrected chi connectivity index (χ4v) is 3.59. The smallest absolute Gasteiger partial charge is 0.257 e. The van der Waals surface area contributed by atoms with E-state index in [1.807, 2.05) is 43.3 Å². The molecule has 0 N–H and O–H groups in total. The van der Waals surface area contributed by atoms with Crippen molar-refractivity contribution in [2.24, 2.45) is 7.05 Å². The van der Waals surface area contributed by atoms with Gasteiger partial charge in [-0.3, -0.25) is 9.36 Å². The number of thioether (sulfide) groups is 1. The Bertz CT molecular complexity index is 938. The summed E-state index contributed by atoms with van der Waals surface area (Å²) in [5.74, 6) is 0.310. The quantitative estimate of drug-likeness (QED) is 0.511. The summed E-state index contributed by atoms with van der Waals surface area (Å²) in [5.41, 5.74) is 3.38. The van der Waals surface area contributed by atoms with Gasteiger partial charge in [-0.1, -0.05) is 54.2 Å². The summed E-state index contributed by atoms with van der Waals surface area (Å²) < 4.78 is 14.9. The molecule has 0 aliphatic rings. The number of benzene rings is 2. The number of aromatic nitrogens is 2. The van der Waals surface area contributed by atoms with Crippen molar-refractivity contribution in [3.05, 3.63) is 93.2 Å². The van der Waals surface area contributed by atoms with E-state index in [2.05, 4.69) is 4.98 Å². The van der Waals surface area contributed by atoms with Crippen molar-refractivity contribution in [1.82, 2.24) is 9.55 Å². The molecular weight excluding hydrogens is 335 g/mol. The first-order valence-corrected chi connectivity index (χ1v) is 9.01. The van der Waals surface area contributed by atoms with Crippen LogP contribution in [0.25, 0.3) is 0 Å². The van der Waals surface area contributed by atoms with Crippen molar-refractivity contribution in [3.8, 4) is 0 Å². The SMILES string of the molecule is Cc1nc(SCc2cccc(F)c2)n(C)c(=O)c1Cc1ccccc1. The molecule has 3 nitrogen and oxygen atoms in total. The Labute approximate surface area is 150 Å². The Morgan fingerprint density at radius 1 is 1.08 bits per heavy atom. The third kappa shape index (κ3) is 4.17. The lowest BCUT2D eigenvalue weighted by molar-refractivity contribution is 0.626. The first-order chi connectivity index (χ1) is 12.0. The van der Waals surface area contributed by atoms with Gasteiger partial charge < -0.3 is 0 Å². The summed E-state index contributed by atoms with van der Waals surface area (Å²) >= 11 is 1.44. The van der Waals surface area contributed by atoms with Crippen molar-refractivity contribution in [1.29, 1.82) is 0 Å². The summed E-state index contributed by atoms with van der Waals surface area (Å²) in [4.78, 5) is 17.3. The molecule has 0 atom stereocenters. The van der Waals surface area contributed by atoms with Gasteiger partial charge >= 0.3 is 0 Å². The van der Waals surface area contributed by atoms with Crippen LogP contribution in [0.3, 0.4) is 0 Å². The standard InChI is InChI=1S/C20H19FN2OS/c1-14-18(12-15-7-4-3-5-8-15)19(24)23(2)20(22-14)25-13-16-9-6-10-17(21)11-16/h3-11H,12-13H2,1-2H3. The highest BCUT2D eigenvalue weighted by Crippen LogP contribution is 2.21. The molecule has 0 saturated carbocycles. The fourth-order valence-electron chi connectivity index (χ4n) is 2.64. The first kappa shape index (κ1) is 17.4. The topological polar surface area (TPSA) is 34.9 Å². The van der Waals surface area contributed by atoms with Gasteiger partial charge in [0.15, 0.2) is 5.16 Å². The van der Waals surface area contributed by atoms with Crippen LogP contribution < -0.4 is 5.56 Å². The van der Waals surface area contributed by atoms with Gasteiger partial charge in [-0.15, -0.1) is 0 Å². The molecular formula is C20H19FN2OS. The molecule has 3 rings (SSSR count). The minimum atomic E-state index is -0.255. The van der Waals surface area contributed by atoms with Gasteiger partial charge in [-0.25, -0.2) is 9.37 Å². The molecule has 0 saturated heterocycles. The lowest BCUT2D eigenvalue weighted by atomic mass is 10.1. The second kappa shape index (κ2) is 7.66. The number of rotatable bonds is 5. The Morgan fingerprint density at radius 2 is 1.80 bits per heavy atom. The van der Waals surface area contributed by atoms with E-state index < -0.39 is 0 Å². The van der Waals surface area contributed by atoms with Crippen LogP contribution in [0.4, 0.5) is 4.39 Å². The largest absolute Gasteiger partial charge is 0.291 e. The molecule has 3 aromatic rings. The van der Waals surface area contributed by atoms with E-state index in [9.17, 15) is 9.18 Å². The van der Waals surface area contributed by atoms with E-state index in [4.69, 9.17) is 0 Å². The summed E-state index contributed by atoms with van der Waals surface area (Å²) in [6, 6.07) is 16.4. The molecule has 0 bridgehead atoms. The zero-order valence-electron chi connectivity index (χ0n) is 14.2. The van der Waals surface area contributed by atoms with Crippen molar-refractivity contribution in [2.75, 3.05) is 0 Å². The molecule has 0 amide bonds. The van der Waals surface area contributed by atoms with Gasteiger partial charge in [0.1, 0.15) is 5.82 Å². The minimum Gasteiger partial charge on any atom is -0.291 e. The van der Waals surface area contributed by atoms with Crippen LogP contribution in [-0.2, 0) is 19.2 Å². The highest BCUT2D eigenvalue weighted by Gasteiger charge is 2.13. The van der Waals surface area contributed by atoms with Crippen molar-refractivity contribution < 1.29 is 4.39 Å². The summed E-state index contributed by atoms with van der Waals surface area (Å²) in [7, 11) is 1.73. The van der Waals surface area contributed by atoms with Crippen LogP contribution in [0.5, 0.6) is 0 Å². The maximum absolute atomic E-state index is 13.3. The van der Waals surface area contributed by atoms with Crippen LogP contribution in [0.2, 0.25) is 0 Å². The van der Waals surface area contributed by atoms with Gasteiger partial charge in [0.05, 0.1) is 0 Å². The minimum absolute atomic E-state index is 0.0295. The molecule has 0 fully saturated rings. The third-order valence-electron chi connectivity index (χ3n) is 4.03. The van der Waals surface area contributed by atoms with Crippen LogP contribution in [0, 0.1) is 12.7 Å². The van der Waals surface area contributed by atoms with Crippen molar-refractivity contribution in [2.45, 2.75) is 24.3 Å². The molecule has 25 heavy (non-hydrogen) atoms. The predicted molar refractivity (Wildman–Crippen MR) is 99.4 cm³/mol. The molecule has 1 aromatic heterocycles. The summed E-state index contributed by atoms with van der Waals surface area (Å²) in [5, 5.41) is 0.642. The van der Waals surface area contributed by atoms with Gasteiger partial charge in [0, 0.05) is 30.5 Å². The van der Waals surface area contributed by atoms with Crippen LogP contribution in [0.1, 0.15) is 22.4 Å². The third-order valence-corrected chi connectivity index (χ3v) is 5.13. The van der Waals surface area contributed by atoms with E-state index in [-0.39, 0.29) is 11.4 Å². The monoisotopic (exact) mass is 354 g/mol. The van der Waals surface area contributed by atoms with Crippen molar-refractivity contribution >= 4 is 11.8 Å². The Balaban J connectivity index is 1.84. The molecule has 0 aliphatic heterocycles. The Morgan fingerprint density at radius 3 is 2.52 bits per heavy atom. The normalized spacial score (nSPS) is 10.8. The zero-order chi connectivity index (χ0) is 17.8. The van der Waals surface area contributed by atoms with Crippen LogP contribution in [0.15, 0.2) is 64.5 Å². The lowest BCUT2D eigenvalue weighted by Crippen LogP contribution is -2.25. The van der Waals surface area contributed by atoms with E-state index in [1.54, 1.807) is 17.7 Å². The van der Waals surface area contributed by atoms with Gasteiger partial charge in [-0.2, -0.15) is 0 Å². The average molecular weight is 354 g/mol. The molecule has 2 aromatic carbocycles. The number of hydrogen-bond acceptors (Lipinski definition) is 3. The van der Waals surface area contributed by atoms with Gasteiger partial charge in [0.2, 0.25) is 0 Å². The molecule has 5 heteroatoms. The number of halogens is 1. The second-order valence-electron chi connectivity index (χ2n) is 5.90. The highest BCUT2D eigenvalue weighted by atomic mass is 32.2. The number of aryl methyl sites for hydroxylation is 1. The highest BCUT2D eigenvalue weighted by molar-refractivity contribution is 7.98. The average Bonchev–Trinajstić information content (AvgIpc) is 2.61. The van der Waals surface area contributed by atoms with Crippen LogP contribution in [-0.4, -0.2) is 9.55 Å². The molecule has 0 spiro atoms. The van der Waals surface area contributed by atoms with Crippen molar-refractivity contribution in [3.63, 3.8) is 0 Å². The second-order valence-corrected chi connectivity index (χ2v) is 6.85. The Hall–Kier alpha value is -2.40. The summed E-state index contributed by atoms with van der Waals surface area (Å²) in [6.07, 6.45) is 0.571. The zero-order valence-corrected chi connectivity index (χ0v) is 15.0. The number of hydrogen-bond donors (Lipinski definition) is 0. The number of nitrogens with zero attached hydrogens (tertiary/aromatic N) is 2.